The van der Waals surface area contributed by atoms with Crippen LogP contribution in [0.15, 0.2) is 28.8 Å². The summed E-state index contributed by atoms with van der Waals surface area (Å²) >= 11 is 0. The van der Waals surface area contributed by atoms with Crippen molar-refractivity contribution < 1.29 is 4.52 Å². The molecule has 0 unspecified atom stereocenters. The van der Waals surface area contributed by atoms with Gasteiger partial charge in [0.05, 0.1) is 5.41 Å². The SMILES string of the molecule is CCC(CC)(CN)c1nc(-c2cccc(C)c2)no1. The Labute approximate surface area is 114 Å². The summed E-state index contributed by atoms with van der Waals surface area (Å²) in [6, 6.07) is 8.09. The topological polar surface area (TPSA) is 64.9 Å². The van der Waals surface area contributed by atoms with E-state index < -0.39 is 0 Å². The molecule has 2 rings (SSSR count). The summed E-state index contributed by atoms with van der Waals surface area (Å²) in [5, 5.41) is 4.10. The van der Waals surface area contributed by atoms with Gasteiger partial charge >= 0.3 is 0 Å². The standard InChI is InChI=1S/C15H21N3O/c1-4-15(5-2,10-16)14-17-13(18-19-14)12-8-6-7-11(3)9-12/h6-9H,4-5,10,16H2,1-3H3. The number of rotatable bonds is 5. The van der Waals surface area contributed by atoms with Gasteiger partial charge in [0.25, 0.3) is 0 Å². The highest BCUT2D eigenvalue weighted by Gasteiger charge is 2.33. The molecule has 0 saturated carbocycles. The van der Waals surface area contributed by atoms with Crippen LogP contribution in [0.4, 0.5) is 0 Å². The maximum atomic E-state index is 5.91. The van der Waals surface area contributed by atoms with Gasteiger partial charge in [0.2, 0.25) is 11.7 Å². The fourth-order valence-corrected chi connectivity index (χ4v) is 2.27. The Morgan fingerprint density at radius 1 is 1.26 bits per heavy atom. The van der Waals surface area contributed by atoms with Crippen LogP contribution in [0.25, 0.3) is 11.4 Å². The van der Waals surface area contributed by atoms with E-state index >= 15 is 0 Å². The highest BCUT2D eigenvalue weighted by atomic mass is 16.5. The fourth-order valence-electron chi connectivity index (χ4n) is 2.27. The molecular weight excluding hydrogens is 238 g/mol. The van der Waals surface area contributed by atoms with Crippen LogP contribution in [0, 0.1) is 6.92 Å². The Morgan fingerprint density at radius 2 is 2.00 bits per heavy atom. The van der Waals surface area contributed by atoms with E-state index in [9.17, 15) is 0 Å². The first-order chi connectivity index (χ1) is 9.15. The fraction of sp³-hybridized carbons (Fsp3) is 0.467. The number of hydrogen-bond acceptors (Lipinski definition) is 4. The first-order valence-corrected chi connectivity index (χ1v) is 6.76. The van der Waals surface area contributed by atoms with Gasteiger partial charge in [-0.25, -0.2) is 0 Å². The number of nitrogens with two attached hydrogens (primary N) is 1. The number of aryl methyl sites for hydroxylation is 1. The molecule has 0 aliphatic rings. The van der Waals surface area contributed by atoms with Crippen molar-refractivity contribution in [3.63, 3.8) is 0 Å². The molecule has 0 spiro atoms. The van der Waals surface area contributed by atoms with Gasteiger partial charge in [0, 0.05) is 12.1 Å². The van der Waals surface area contributed by atoms with Crippen LogP contribution >= 0.6 is 0 Å². The summed E-state index contributed by atoms with van der Waals surface area (Å²) in [6.45, 7) is 6.78. The van der Waals surface area contributed by atoms with Gasteiger partial charge in [-0.15, -0.1) is 0 Å². The summed E-state index contributed by atoms with van der Waals surface area (Å²) in [5.41, 5.74) is 7.87. The van der Waals surface area contributed by atoms with E-state index in [0.29, 0.717) is 18.3 Å². The van der Waals surface area contributed by atoms with Gasteiger partial charge in [-0.2, -0.15) is 4.98 Å². The van der Waals surface area contributed by atoms with Crippen LogP contribution in [0.5, 0.6) is 0 Å². The Balaban J connectivity index is 2.38. The van der Waals surface area contributed by atoms with E-state index in [-0.39, 0.29) is 5.41 Å². The van der Waals surface area contributed by atoms with Gasteiger partial charge < -0.3 is 10.3 Å². The second kappa shape index (κ2) is 5.53. The second-order valence-corrected chi connectivity index (χ2v) is 4.98. The summed E-state index contributed by atoms with van der Waals surface area (Å²) < 4.78 is 5.46. The Hall–Kier alpha value is -1.68. The van der Waals surface area contributed by atoms with Crippen LogP contribution in [-0.4, -0.2) is 16.7 Å². The second-order valence-electron chi connectivity index (χ2n) is 4.98. The molecule has 2 aromatic rings. The number of nitrogens with zero attached hydrogens (tertiary/aromatic N) is 2. The zero-order valence-electron chi connectivity index (χ0n) is 11.8. The molecule has 1 aromatic heterocycles. The third-order valence-electron chi connectivity index (χ3n) is 3.90. The van der Waals surface area contributed by atoms with Crippen molar-refractivity contribution >= 4 is 0 Å². The summed E-state index contributed by atoms with van der Waals surface area (Å²) in [5.74, 6) is 1.29. The van der Waals surface area contributed by atoms with Gasteiger partial charge in [0.15, 0.2) is 0 Å². The van der Waals surface area contributed by atoms with Crippen LogP contribution in [-0.2, 0) is 5.41 Å². The maximum absolute atomic E-state index is 5.91. The number of hydrogen-bond donors (Lipinski definition) is 1. The van der Waals surface area contributed by atoms with E-state index in [1.807, 2.05) is 25.1 Å². The molecule has 0 amide bonds. The molecule has 1 aromatic carbocycles. The molecule has 0 radical (unpaired) electrons. The minimum absolute atomic E-state index is 0.199. The smallest absolute Gasteiger partial charge is 0.234 e. The lowest BCUT2D eigenvalue weighted by Crippen LogP contribution is -2.34. The molecule has 4 nitrogen and oxygen atoms in total. The molecule has 102 valence electrons. The monoisotopic (exact) mass is 259 g/mol. The van der Waals surface area contributed by atoms with Crippen molar-refractivity contribution in [1.82, 2.24) is 10.1 Å². The van der Waals surface area contributed by atoms with Crippen molar-refractivity contribution in [2.24, 2.45) is 5.73 Å². The van der Waals surface area contributed by atoms with E-state index in [1.54, 1.807) is 0 Å². The van der Waals surface area contributed by atoms with E-state index in [2.05, 4.69) is 30.1 Å². The van der Waals surface area contributed by atoms with E-state index in [1.165, 1.54) is 5.56 Å². The van der Waals surface area contributed by atoms with E-state index in [0.717, 1.165) is 18.4 Å². The summed E-state index contributed by atoms with van der Waals surface area (Å²) in [4.78, 5) is 4.55. The third kappa shape index (κ3) is 2.54. The van der Waals surface area contributed by atoms with Crippen LogP contribution in [0.2, 0.25) is 0 Å². The molecular formula is C15H21N3O. The maximum Gasteiger partial charge on any atom is 0.234 e. The normalized spacial score (nSPS) is 11.8. The van der Waals surface area contributed by atoms with Gasteiger partial charge in [-0.1, -0.05) is 42.8 Å². The van der Waals surface area contributed by atoms with Crippen LogP contribution in [0.3, 0.4) is 0 Å². The van der Waals surface area contributed by atoms with Crippen molar-refractivity contribution in [3.05, 3.63) is 35.7 Å². The molecule has 4 heteroatoms. The number of aromatic nitrogens is 2. The van der Waals surface area contributed by atoms with Crippen LogP contribution in [0.1, 0.15) is 38.1 Å². The predicted octanol–water partition coefficient (Wildman–Crippen LogP) is 3.06. The molecule has 0 aliphatic carbocycles. The molecule has 0 bridgehead atoms. The Kier molecular flexibility index (Phi) is 4.00. The quantitative estimate of drug-likeness (QED) is 0.896. The minimum Gasteiger partial charge on any atom is -0.338 e. The number of benzene rings is 1. The van der Waals surface area contributed by atoms with Crippen molar-refractivity contribution in [2.45, 2.75) is 39.0 Å². The lowest BCUT2D eigenvalue weighted by Gasteiger charge is -2.24. The lowest BCUT2D eigenvalue weighted by molar-refractivity contribution is 0.267. The minimum atomic E-state index is -0.199. The largest absolute Gasteiger partial charge is 0.338 e. The molecule has 2 N–H and O–H groups in total. The van der Waals surface area contributed by atoms with Crippen molar-refractivity contribution in [1.29, 1.82) is 0 Å². The average molecular weight is 259 g/mol. The van der Waals surface area contributed by atoms with Gasteiger partial charge in [0.1, 0.15) is 0 Å². The summed E-state index contributed by atoms with van der Waals surface area (Å²) in [7, 11) is 0. The third-order valence-corrected chi connectivity index (χ3v) is 3.90. The highest BCUT2D eigenvalue weighted by molar-refractivity contribution is 5.55. The first-order valence-electron chi connectivity index (χ1n) is 6.76. The summed E-state index contributed by atoms with van der Waals surface area (Å²) in [6.07, 6.45) is 1.80. The first kappa shape index (κ1) is 13.7. The molecule has 19 heavy (non-hydrogen) atoms. The zero-order valence-corrected chi connectivity index (χ0v) is 11.8. The van der Waals surface area contributed by atoms with Crippen molar-refractivity contribution in [3.8, 4) is 11.4 Å². The van der Waals surface area contributed by atoms with Crippen LogP contribution < -0.4 is 5.73 Å². The zero-order chi connectivity index (χ0) is 13.9. The molecule has 1 heterocycles. The van der Waals surface area contributed by atoms with Gasteiger partial charge in [-0.3, -0.25) is 0 Å². The van der Waals surface area contributed by atoms with E-state index in [4.69, 9.17) is 10.3 Å². The molecule has 0 saturated heterocycles. The molecule has 0 atom stereocenters. The molecule has 0 fully saturated rings. The Bertz CT molecular complexity index is 536. The highest BCUT2D eigenvalue weighted by Crippen LogP contribution is 2.30. The predicted molar refractivity (Wildman–Crippen MR) is 75.8 cm³/mol. The molecule has 0 aliphatic heterocycles. The van der Waals surface area contributed by atoms with Crippen molar-refractivity contribution in [2.75, 3.05) is 6.54 Å². The lowest BCUT2D eigenvalue weighted by atomic mass is 9.82. The Morgan fingerprint density at radius 3 is 2.58 bits per heavy atom. The average Bonchev–Trinajstić information content (AvgIpc) is 2.92. The van der Waals surface area contributed by atoms with Gasteiger partial charge in [-0.05, 0) is 25.8 Å².